The third-order valence-electron chi connectivity index (χ3n) is 3.15. The van der Waals surface area contributed by atoms with Gasteiger partial charge in [-0.15, -0.1) is 0 Å². The Hall–Kier alpha value is -0.860. The number of hydrogen-bond acceptors (Lipinski definition) is 2. The Morgan fingerprint density at radius 3 is 2.41 bits per heavy atom. The standard InChI is InChI=1S/C15H26N2/c1-4-6-11-17(5-2)13-15-10-8-7-9-14(15)12-16-3/h7-10,16H,4-6,11-13H2,1-3H3. The zero-order chi connectivity index (χ0) is 12.5. The van der Waals surface area contributed by atoms with Crippen LogP contribution in [0.1, 0.15) is 37.8 Å². The minimum Gasteiger partial charge on any atom is -0.316 e. The van der Waals surface area contributed by atoms with Crippen LogP contribution in [-0.2, 0) is 13.1 Å². The molecular weight excluding hydrogens is 208 g/mol. The second-order valence-electron chi connectivity index (χ2n) is 4.52. The lowest BCUT2D eigenvalue weighted by Gasteiger charge is -2.21. The Kier molecular flexibility index (Phi) is 6.90. The van der Waals surface area contributed by atoms with Crippen LogP contribution in [0.25, 0.3) is 0 Å². The summed E-state index contributed by atoms with van der Waals surface area (Å²) in [5.41, 5.74) is 2.88. The van der Waals surface area contributed by atoms with Gasteiger partial charge in [-0.3, -0.25) is 4.90 Å². The van der Waals surface area contributed by atoms with E-state index in [9.17, 15) is 0 Å². The lowest BCUT2D eigenvalue weighted by atomic mass is 10.1. The highest BCUT2D eigenvalue weighted by Crippen LogP contribution is 2.12. The number of unbranched alkanes of at least 4 members (excludes halogenated alkanes) is 1. The SMILES string of the molecule is CCCCN(CC)Cc1ccccc1CNC. The van der Waals surface area contributed by atoms with Gasteiger partial charge in [0.1, 0.15) is 0 Å². The molecule has 1 aromatic rings. The van der Waals surface area contributed by atoms with E-state index >= 15 is 0 Å². The maximum absolute atomic E-state index is 3.24. The molecule has 0 bridgehead atoms. The summed E-state index contributed by atoms with van der Waals surface area (Å²) in [6, 6.07) is 8.74. The summed E-state index contributed by atoms with van der Waals surface area (Å²) in [6.07, 6.45) is 2.57. The fraction of sp³-hybridized carbons (Fsp3) is 0.600. The molecule has 96 valence electrons. The third kappa shape index (κ3) is 4.88. The van der Waals surface area contributed by atoms with Crippen molar-refractivity contribution < 1.29 is 0 Å². The van der Waals surface area contributed by atoms with Crippen LogP contribution in [0.4, 0.5) is 0 Å². The van der Waals surface area contributed by atoms with E-state index in [2.05, 4.69) is 48.3 Å². The predicted molar refractivity (Wildman–Crippen MR) is 75.1 cm³/mol. The van der Waals surface area contributed by atoms with Gasteiger partial charge in [-0.25, -0.2) is 0 Å². The second-order valence-corrected chi connectivity index (χ2v) is 4.52. The van der Waals surface area contributed by atoms with Gasteiger partial charge in [-0.1, -0.05) is 44.5 Å². The van der Waals surface area contributed by atoms with Crippen LogP contribution in [0, 0.1) is 0 Å². The quantitative estimate of drug-likeness (QED) is 0.744. The second kappa shape index (κ2) is 8.26. The molecule has 0 heterocycles. The molecule has 1 N–H and O–H groups in total. The first-order valence-electron chi connectivity index (χ1n) is 6.75. The molecule has 2 heteroatoms. The van der Waals surface area contributed by atoms with Gasteiger partial charge in [-0.2, -0.15) is 0 Å². The van der Waals surface area contributed by atoms with E-state index in [1.165, 1.54) is 30.5 Å². The number of hydrogen-bond donors (Lipinski definition) is 1. The summed E-state index contributed by atoms with van der Waals surface area (Å²) in [4.78, 5) is 2.53. The highest BCUT2D eigenvalue weighted by atomic mass is 15.1. The molecule has 0 atom stereocenters. The van der Waals surface area contributed by atoms with Crippen LogP contribution in [0.5, 0.6) is 0 Å². The van der Waals surface area contributed by atoms with E-state index in [4.69, 9.17) is 0 Å². The van der Waals surface area contributed by atoms with Crippen LogP contribution in [0.3, 0.4) is 0 Å². The first-order chi connectivity index (χ1) is 8.31. The molecule has 0 aliphatic carbocycles. The van der Waals surface area contributed by atoms with Gasteiger partial charge in [0.2, 0.25) is 0 Å². The van der Waals surface area contributed by atoms with Crippen molar-refractivity contribution in [2.75, 3.05) is 20.1 Å². The monoisotopic (exact) mass is 234 g/mol. The van der Waals surface area contributed by atoms with Crippen molar-refractivity contribution in [3.63, 3.8) is 0 Å². The van der Waals surface area contributed by atoms with Crippen molar-refractivity contribution in [3.05, 3.63) is 35.4 Å². The number of benzene rings is 1. The minimum absolute atomic E-state index is 0.960. The predicted octanol–water partition coefficient (Wildman–Crippen LogP) is 3.03. The van der Waals surface area contributed by atoms with E-state index in [0.717, 1.165) is 19.6 Å². The van der Waals surface area contributed by atoms with Crippen molar-refractivity contribution >= 4 is 0 Å². The summed E-state index contributed by atoms with van der Waals surface area (Å²) in [6.45, 7) is 8.88. The maximum Gasteiger partial charge on any atom is 0.0236 e. The molecule has 0 saturated heterocycles. The van der Waals surface area contributed by atoms with Crippen molar-refractivity contribution in [2.24, 2.45) is 0 Å². The lowest BCUT2D eigenvalue weighted by molar-refractivity contribution is 0.274. The number of nitrogens with zero attached hydrogens (tertiary/aromatic N) is 1. The molecule has 0 radical (unpaired) electrons. The van der Waals surface area contributed by atoms with Crippen LogP contribution >= 0.6 is 0 Å². The van der Waals surface area contributed by atoms with Gasteiger partial charge in [0, 0.05) is 13.1 Å². The maximum atomic E-state index is 3.24. The molecular formula is C15H26N2. The summed E-state index contributed by atoms with van der Waals surface area (Å²) < 4.78 is 0. The van der Waals surface area contributed by atoms with E-state index in [1.54, 1.807) is 0 Å². The Labute approximate surface area is 106 Å². The Morgan fingerprint density at radius 2 is 1.82 bits per heavy atom. The summed E-state index contributed by atoms with van der Waals surface area (Å²) in [5.74, 6) is 0. The van der Waals surface area contributed by atoms with Crippen LogP contribution in [0.15, 0.2) is 24.3 Å². The van der Waals surface area contributed by atoms with Crippen LogP contribution < -0.4 is 5.32 Å². The smallest absolute Gasteiger partial charge is 0.0236 e. The highest BCUT2D eigenvalue weighted by Gasteiger charge is 2.06. The van der Waals surface area contributed by atoms with E-state index < -0.39 is 0 Å². The fourth-order valence-electron chi connectivity index (χ4n) is 2.05. The topological polar surface area (TPSA) is 15.3 Å². The van der Waals surface area contributed by atoms with Crippen molar-refractivity contribution in [1.29, 1.82) is 0 Å². The largest absolute Gasteiger partial charge is 0.316 e. The van der Waals surface area contributed by atoms with Crippen molar-refractivity contribution in [3.8, 4) is 0 Å². The van der Waals surface area contributed by atoms with Gasteiger partial charge < -0.3 is 5.32 Å². The molecule has 0 amide bonds. The van der Waals surface area contributed by atoms with Gasteiger partial charge in [0.15, 0.2) is 0 Å². The Balaban J connectivity index is 2.64. The van der Waals surface area contributed by atoms with Gasteiger partial charge in [0.05, 0.1) is 0 Å². The highest BCUT2D eigenvalue weighted by molar-refractivity contribution is 5.26. The first-order valence-corrected chi connectivity index (χ1v) is 6.75. The summed E-state index contributed by atoms with van der Waals surface area (Å²) in [7, 11) is 2.01. The van der Waals surface area contributed by atoms with Crippen molar-refractivity contribution in [2.45, 2.75) is 39.8 Å². The van der Waals surface area contributed by atoms with Gasteiger partial charge in [-0.05, 0) is 37.7 Å². The molecule has 1 aromatic carbocycles. The number of nitrogens with one attached hydrogen (secondary N) is 1. The molecule has 0 spiro atoms. The molecule has 0 aliphatic heterocycles. The van der Waals surface area contributed by atoms with E-state index in [1.807, 2.05) is 7.05 Å². The summed E-state index contributed by atoms with van der Waals surface area (Å²) in [5, 5.41) is 3.24. The molecule has 2 nitrogen and oxygen atoms in total. The zero-order valence-corrected chi connectivity index (χ0v) is 11.5. The molecule has 1 rings (SSSR count). The Morgan fingerprint density at radius 1 is 1.12 bits per heavy atom. The average Bonchev–Trinajstić information content (AvgIpc) is 2.36. The molecule has 0 aromatic heterocycles. The molecule has 0 saturated carbocycles. The fourth-order valence-corrected chi connectivity index (χ4v) is 2.05. The van der Waals surface area contributed by atoms with E-state index in [0.29, 0.717) is 0 Å². The first kappa shape index (κ1) is 14.2. The zero-order valence-electron chi connectivity index (χ0n) is 11.5. The molecule has 0 fully saturated rings. The van der Waals surface area contributed by atoms with Crippen molar-refractivity contribution in [1.82, 2.24) is 10.2 Å². The number of rotatable bonds is 8. The van der Waals surface area contributed by atoms with E-state index in [-0.39, 0.29) is 0 Å². The average molecular weight is 234 g/mol. The normalized spacial score (nSPS) is 11.1. The molecule has 0 unspecified atom stereocenters. The van der Waals surface area contributed by atoms with Crippen LogP contribution in [-0.4, -0.2) is 25.0 Å². The molecule has 17 heavy (non-hydrogen) atoms. The van der Waals surface area contributed by atoms with Gasteiger partial charge >= 0.3 is 0 Å². The Bertz CT molecular complexity index is 310. The third-order valence-corrected chi connectivity index (χ3v) is 3.15. The molecule has 0 aliphatic rings. The summed E-state index contributed by atoms with van der Waals surface area (Å²) >= 11 is 0. The van der Waals surface area contributed by atoms with Crippen LogP contribution in [0.2, 0.25) is 0 Å². The lowest BCUT2D eigenvalue weighted by Crippen LogP contribution is -2.25. The minimum atomic E-state index is 0.960. The van der Waals surface area contributed by atoms with Gasteiger partial charge in [0.25, 0.3) is 0 Å².